The molecule has 0 fully saturated rings. The number of nitrogens with one attached hydrogen (secondary N) is 1. The van der Waals surface area contributed by atoms with Crippen molar-refractivity contribution in [1.29, 1.82) is 0 Å². The molecule has 1 aromatic rings. The van der Waals surface area contributed by atoms with E-state index >= 15 is 0 Å². The van der Waals surface area contributed by atoms with Gasteiger partial charge in [-0.25, -0.2) is 4.99 Å². The van der Waals surface area contributed by atoms with Crippen LogP contribution in [-0.4, -0.2) is 12.5 Å². The van der Waals surface area contributed by atoms with Gasteiger partial charge in [0.25, 0.3) is 0 Å². The van der Waals surface area contributed by atoms with Gasteiger partial charge in [0.2, 0.25) is 0 Å². The van der Waals surface area contributed by atoms with Crippen molar-refractivity contribution in [2.75, 3.05) is 6.54 Å². The summed E-state index contributed by atoms with van der Waals surface area (Å²) < 4.78 is 0. The first kappa shape index (κ1) is 11.6. The predicted molar refractivity (Wildman–Crippen MR) is 64.8 cm³/mol. The van der Waals surface area contributed by atoms with Crippen LogP contribution in [0.2, 0.25) is 0 Å². The summed E-state index contributed by atoms with van der Waals surface area (Å²) in [6.07, 6.45) is 1.06. The van der Waals surface area contributed by atoms with Crippen molar-refractivity contribution >= 4 is 5.96 Å². The lowest BCUT2D eigenvalue weighted by atomic mass is 10.1. The van der Waals surface area contributed by atoms with Crippen LogP contribution in [0.4, 0.5) is 0 Å². The van der Waals surface area contributed by atoms with Crippen molar-refractivity contribution in [1.82, 2.24) is 5.32 Å². The van der Waals surface area contributed by atoms with Gasteiger partial charge in [0, 0.05) is 6.54 Å². The van der Waals surface area contributed by atoms with E-state index in [4.69, 9.17) is 5.73 Å². The molecule has 1 aromatic carbocycles. The molecule has 1 rings (SSSR count). The van der Waals surface area contributed by atoms with Crippen molar-refractivity contribution < 1.29 is 0 Å². The Hall–Kier alpha value is -1.51. The molecular weight excluding hydrogens is 186 g/mol. The molecule has 0 bridgehead atoms. The summed E-state index contributed by atoms with van der Waals surface area (Å²) >= 11 is 0. The number of benzene rings is 1. The fraction of sp³-hybridized carbons (Fsp3) is 0.417. The van der Waals surface area contributed by atoms with Crippen LogP contribution >= 0.6 is 0 Å². The Morgan fingerprint density at radius 2 is 2.00 bits per heavy atom. The van der Waals surface area contributed by atoms with Gasteiger partial charge in [-0.05, 0) is 18.9 Å². The minimum atomic E-state index is 0.525. The Bertz CT molecular complexity index is 314. The Labute approximate surface area is 91.4 Å². The Kier molecular flexibility index (Phi) is 4.68. The molecule has 0 atom stereocenters. The smallest absolute Gasteiger partial charge is 0.188 e. The third-order valence-electron chi connectivity index (χ3n) is 2.11. The van der Waals surface area contributed by atoms with Crippen LogP contribution in [0, 0.1) is 6.92 Å². The lowest BCUT2D eigenvalue weighted by Gasteiger charge is -2.03. The number of nitrogens with two attached hydrogens (primary N) is 1. The van der Waals surface area contributed by atoms with E-state index in [1.54, 1.807) is 0 Å². The zero-order valence-electron chi connectivity index (χ0n) is 9.46. The number of hydrogen-bond acceptors (Lipinski definition) is 1. The molecule has 0 aromatic heterocycles. The maximum Gasteiger partial charge on any atom is 0.188 e. The highest BCUT2D eigenvalue weighted by atomic mass is 15.1. The molecule has 0 aliphatic rings. The molecular formula is C12H19N3. The van der Waals surface area contributed by atoms with Gasteiger partial charge in [0.05, 0.1) is 6.54 Å². The Morgan fingerprint density at radius 3 is 2.60 bits per heavy atom. The topological polar surface area (TPSA) is 50.4 Å². The first-order valence-electron chi connectivity index (χ1n) is 5.31. The van der Waals surface area contributed by atoms with Crippen LogP contribution in [0.3, 0.4) is 0 Å². The summed E-state index contributed by atoms with van der Waals surface area (Å²) in [4.78, 5) is 4.24. The van der Waals surface area contributed by atoms with Crippen molar-refractivity contribution in [2.45, 2.75) is 26.8 Å². The Morgan fingerprint density at radius 1 is 1.33 bits per heavy atom. The second-order valence-corrected chi connectivity index (χ2v) is 3.61. The van der Waals surface area contributed by atoms with E-state index in [2.05, 4.69) is 48.4 Å². The molecule has 0 saturated carbocycles. The third-order valence-corrected chi connectivity index (χ3v) is 2.11. The van der Waals surface area contributed by atoms with Crippen molar-refractivity contribution in [3.8, 4) is 0 Å². The maximum absolute atomic E-state index is 5.68. The Balaban J connectivity index is 2.45. The summed E-state index contributed by atoms with van der Waals surface area (Å²) in [5, 5.41) is 3.04. The van der Waals surface area contributed by atoms with E-state index in [1.165, 1.54) is 11.1 Å². The van der Waals surface area contributed by atoms with Gasteiger partial charge in [-0.15, -0.1) is 0 Å². The molecule has 0 spiro atoms. The van der Waals surface area contributed by atoms with Gasteiger partial charge in [0.15, 0.2) is 5.96 Å². The highest BCUT2D eigenvalue weighted by Crippen LogP contribution is 2.03. The van der Waals surface area contributed by atoms with Gasteiger partial charge in [-0.1, -0.05) is 36.8 Å². The molecule has 3 nitrogen and oxygen atoms in total. The minimum Gasteiger partial charge on any atom is -0.370 e. The van der Waals surface area contributed by atoms with Crippen LogP contribution in [0.5, 0.6) is 0 Å². The molecule has 3 heteroatoms. The fourth-order valence-corrected chi connectivity index (χ4v) is 1.18. The van der Waals surface area contributed by atoms with Crippen LogP contribution < -0.4 is 11.1 Å². The average molecular weight is 205 g/mol. The molecule has 0 aliphatic heterocycles. The minimum absolute atomic E-state index is 0.525. The molecule has 3 N–H and O–H groups in total. The zero-order chi connectivity index (χ0) is 11.1. The van der Waals surface area contributed by atoms with Crippen LogP contribution in [0.15, 0.2) is 29.3 Å². The quantitative estimate of drug-likeness (QED) is 0.582. The maximum atomic E-state index is 5.68. The normalized spacial score (nSPS) is 11.5. The highest BCUT2D eigenvalue weighted by molar-refractivity contribution is 5.77. The fourth-order valence-electron chi connectivity index (χ4n) is 1.18. The summed E-state index contributed by atoms with van der Waals surface area (Å²) in [6, 6.07) is 8.32. The van der Waals surface area contributed by atoms with Crippen molar-refractivity contribution in [3.63, 3.8) is 0 Å². The van der Waals surface area contributed by atoms with E-state index in [0.717, 1.165) is 13.0 Å². The number of guanidine groups is 1. The molecule has 15 heavy (non-hydrogen) atoms. The summed E-state index contributed by atoms with van der Waals surface area (Å²) in [6.45, 7) is 5.69. The first-order valence-corrected chi connectivity index (χ1v) is 5.31. The van der Waals surface area contributed by atoms with E-state index in [-0.39, 0.29) is 0 Å². The number of aliphatic imine (C=N–C) groups is 1. The van der Waals surface area contributed by atoms with Crippen molar-refractivity contribution in [3.05, 3.63) is 35.4 Å². The molecule has 0 amide bonds. The second kappa shape index (κ2) is 6.06. The summed E-state index contributed by atoms with van der Waals surface area (Å²) in [5.74, 6) is 0.525. The SMILES string of the molecule is CCCNC(N)=NCc1ccc(C)cc1. The number of nitrogens with zero attached hydrogens (tertiary/aromatic N) is 1. The van der Waals surface area contributed by atoms with E-state index in [9.17, 15) is 0 Å². The van der Waals surface area contributed by atoms with Gasteiger partial charge in [0.1, 0.15) is 0 Å². The van der Waals surface area contributed by atoms with Crippen molar-refractivity contribution in [2.24, 2.45) is 10.7 Å². The van der Waals surface area contributed by atoms with Gasteiger partial charge in [-0.2, -0.15) is 0 Å². The number of rotatable bonds is 4. The highest BCUT2D eigenvalue weighted by Gasteiger charge is 1.92. The third kappa shape index (κ3) is 4.49. The van der Waals surface area contributed by atoms with E-state index < -0.39 is 0 Å². The predicted octanol–water partition coefficient (Wildman–Crippen LogP) is 1.81. The van der Waals surface area contributed by atoms with Crippen LogP contribution in [0.25, 0.3) is 0 Å². The monoisotopic (exact) mass is 205 g/mol. The molecule has 82 valence electrons. The van der Waals surface area contributed by atoms with E-state index in [1.807, 2.05) is 0 Å². The number of hydrogen-bond donors (Lipinski definition) is 2. The standard InChI is InChI=1S/C12H19N3/c1-3-8-14-12(13)15-9-11-6-4-10(2)5-7-11/h4-7H,3,8-9H2,1-2H3,(H3,13,14,15). The summed E-state index contributed by atoms with van der Waals surface area (Å²) in [7, 11) is 0. The summed E-state index contributed by atoms with van der Waals surface area (Å²) in [5.41, 5.74) is 8.12. The van der Waals surface area contributed by atoms with Crippen LogP contribution in [-0.2, 0) is 6.54 Å². The lowest BCUT2D eigenvalue weighted by Crippen LogP contribution is -2.32. The van der Waals surface area contributed by atoms with Gasteiger partial charge < -0.3 is 11.1 Å². The molecule has 0 unspecified atom stereocenters. The molecule has 0 heterocycles. The van der Waals surface area contributed by atoms with Gasteiger partial charge >= 0.3 is 0 Å². The van der Waals surface area contributed by atoms with E-state index in [0.29, 0.717) is 12.5 Å². The van der Waals surface area contributed by atoms with Crippen LogP contribution in [0.1, 0.15) is 24.5 Å². The molecule has 0 radical (unpaired) electrons. The lowest BCUT2D eigenvalue weighted by molar-refractivity contribution is 0.825. The zero-order valence-corrected chi connectivity index (χ0v) is 9.46. The number of aryl methyl sites for hydroxylation is 1. The molecule has 0 saturated heterocycles. The average Bonchev–Trinajstić information content (AvgIpc) is 2.25. The first-order chi connectivity index (χ1) is 7.22. The molecule has 0 aliphatic carbocycles. The second-order valence-electron chi connectivity index (χ2n) is 3.61. The van der Waals surface area contributed by atoms with Gasteiger partial charge in [-0.3, -0.25) is 0 Å². The largest absolute Gasteiger partial charge is 0.370 e.